The Morgan fingerprint density at radius 2 is 1.83 bits per heavy atom. The van der Waals surface area contributed by atoms with Crippen LogP contribution in [0.4, 0.5) is 5.69 Å². The molecule has 0 amide bonds. The molecule has 162 valence electrons. The molecule has 1 aliphatic carbocycles. The molecule has 0 N–H and O–H groups in total. The molecule has 1 aromatic carbocycles. The second kappa shape index (κ2) is 9.31. The zero-order valence-corrected chi connectivity index (χ0v) is 19.1. The summed E-state index contributed by atoms with van der Waals surface area (Å²) in [6.45, 7) is 4.92. The molecule has 0 spiro atoms. The van der Waals surface area contributed by atoms with Gasteiger partial charge < -0.3 is 14.4 Å². The van der Waals surface area contributed by atoms with Crippen molar-refractivity contribution in [2.45, 2.75) is 62.1 Å². The lowest BCUT2D eigenvalue weighted by Gasteiger charge is -2.27. The van der Waals surface area contributed by atoms with Crippen molar-refractivity contribution in [1.82, 2.24) is 19.7 Å². The van der Waals surface area contributed by atoms with Gasteiger partial charge in [0.1, 0.15) is 5.82 Å². The Balaban J connectivity index is 1.08. The largest absolute Gasteiger partial charge is 0.367 e. The average molecular weight is 426 g/mol. The predicted molar refractivity (Wildman–Crippen MR) is 124 cm³/mol. The van der Waals surface area contributed by atoms with Crippen molar-refractivity contribution in [3.63, 3.8) is 0 Å². The first-order valence-corrected chi connectivity index (χ1v) is 12.8. The highest BCUT2D eigenvalue weighted by Gasteiger charge is 2.40. The molecular weight excluding hydrogens is 390 g/mol. The second-order valence-electron chi connectivity index (χ2n) is 9.34. The van der Waals surface area contributed by atoms with Crippen LogP contribution in [0.15, 0.2) is 35.5 Å². The first-order chi connectivity index (χ1) is 14.8. The van der Waals surface area contributed by atoms with Gasteiger partial charge >= 0.3 is 0 Å². The van der Waals surface area contributed by atoms with E-state index >= 15 is 0 Å². The Morgan fingerprint density at radius 1 is 1.00 bits per heavy atom. The third-order valence-electron chi connectivity index (χ3n) is 7.40. The van der Waals surface area contributed by atoms with Gasteiger partial charge in [0.2, 0.25) is 0 Å². The van der Waals surface area contributed by atoms with E-state index in [0.717, 1.165) is 16.8 Å². The summed E-state index contributed by atoms with van der Waals surface area (Å²) in [5.74, 6) is 3.81. The highest BCUT2D eigenvalue weighted by atomic mass is 32.2. The molecule has 0 bridgehead atoms. The molecule has 0 unspecified atom stereocenters. The Kier molecular flexibility index (Phi) is 6.32. The van der Waals surface area contributed by atoms with Crippen LogP contribution in [0.25, 0.3) is 0 Å². The van der Waals surface area contributed by atoms with E-state index in [1.165, 1.54) is 82.6 Å². The quantitative estimate of drug-likeness (QED) is 0.480. The summed E-state index contributed by atoms with van der Waals surface area (Å²) in [5, 5.41) is 10.2. The average Bonchev–Trinajstić information content (AvgIpc) is 3.47. The van der Waals surface area contributed by atoms with E-state index in [1.54, 1.807) is 0 Å². The molecule has 5 nitrogen and oxygen atoms in total. The van der Waals surface area contributed by atoms with E-state index in [9.17, 15) is 0 Å². The highest BCUT2D eigenvalue weighted by Crippen LogP contribution is 2.35. The smallest absolute Gasteiger partial charge is 0.190 e. The maximum atomic E-state index is 4.55. The molecule has 0 radical (unpaired) electrons. The van der Waals surface area contributed by atoms with Gasteiger partial charge in [0.25, 0.3) is 0 Å². The van der Waals surface area contributed by atoms with Crippen LogP contribution >= 0.6 is 11.8 Å². The molecule has 2 atom stereocenters. The third kappa shape index (κ3) is 4.26. The summed E-state index contributed by atoms with van der Waals surface area (Å²) < 4.78 is 2.26. The minimum atomic E-state index is 0.627. The lowest BCUT2D eigenvalue weighted by molar-refractivity contribution is 0.319. The van der Waals surface area contributed by atoms with Crippen LogP contribution in [-0.4, -0.2) is 57.6 Å². The first kappa shape index (κ1) is 20.4. The van der Waals surface area contributed by atoms with Crippen molar-refractivity contribution in [2.75, 3.05) is 36.8 Å². The lowest BCUT2D eigenvalue weighted by atomic mass is 9.89. The molecule has 3 aliphatic rings. The standard InChI is InChI=1S/C24H35N5S/c1-27-23(19-9-4-2-5-10-19)25-26-24(27)30-16-8-14-28-17-20-13-15-29(22(20)18-28)21-11-6-3-7-12-21/h3,6-7,11-12,19-20,22H,2,4-5,8-10,13-18H2,1H3/t20-,22+/m0/s1. The molecule has 1 aromatic heterocycles. The van der Waals surface area contributed by atoms with E-state index < -0.39 is 0 Å². The number of rotatable bonds is 7. The topological polar surface area (TPSA) is 37.2 Å². The number of aromatic nitrogens is 3. The van der Waals surface area contributed by atoms with Gasteiger partial charge in [-0.15, -0.1) is 10.2 Å². The van der Waals surface area contributed by atoms with Crippen LogP contribution in [0.2, 0.25) is 0 Å². The van der Waals surface area contributed by atoms with Gasteiger partial charge in [-0.3, -0.25) is 0 Å². The molecule has 2 aliphatic heterocycles. The van der Waals surface area contributed by atoms with Gasteiger partial charge in [0.05, 0.1) is 0 Å². The number of likely N-dealkylation sites (tertiary alicyclic amines) is 1. The number of thioether (sulfide) groups is 1. The van der Waals surface area contributed by atoms with E-state index in [-0.39, 0.29) is 0 Å². The third-order valence-corrected chi connectivity index (χ3v) is 8.51. The molecule has 2 aromatic rings. The number of para-hydroxylation sites is 1. The van der Waals surface area contributed by atoms with E-state index in [4.69, 9.17) is 0 Å². The lowest BCUT2D eigenvalue weighted by Crippen LogP contribution is -2.35. The minimum Gasteiger partial charge on any atom is -0.367 e. The molecule has 6 heteroatoms. The Morgan fingerprint density at radius 3 is 2.67 bits per heavy atom. The minimum absolute atomic E-state index is 0.627. The van der Waals surface area contributed by atoms with E-state index in [0.29, 0.717) is 12.0 Å². The van der Waals surface area contributed by atoms with E-state index in [2.05, 4.69) is 61.9 Å². The van der Waals surface area contributed by atoms with Gasteiger partial charge in [0.15, 0.2) is 5.16 Å². The second-order valence-corrected chi connectivity index (χ2v) is 10.4. The SMILES string of the molecule is Cn1c(SCCCN2C[C@@H]3CCN(c4ccccc4)[C@@H]3C2)nnc1C1CCCCC1. The fraction of sp³-hybridized carbons (Fsp3) is 0.667. The van der Waals surface area contributed by atoms with Crippen molar-refractivity contribution in [3.05, 3.63) is 36.2 Å². The van der Waals surface area contributed by atoms with Gasteiger partial charge in [-0.2, -0.15) is 0 Å². The van der Waals surface area contributed by atoms with Crippen molar-refractivity contribution >= 4 is 17.4 Å². The summed E-state index contributed by atoms with van der Waals surface area (Å²) in [6.07, 6.45) is 9.22. The zero-order valence-electron chi connectivity index (χ0n) is 18.2. The summed E-state index contributed by atoms with van der Waals surface area (Å²) in [7, 11) is 2.16. The number of anilines is 1. The summed E-state index contributed by atoms with van der Waals surface area (Å²) in [5.41, 5.74) is 1.40. The Bertz CT molecular complexity index is 816. The fourth-order valence-electron chi connectivity index (χ4n) is 5.79. The Hall–Kier alpha value is -1.53. The first-order valence-electron chi connectivity index (χ1n) is 11.9. The van der Waals surface area contributed by atoms with Crippen molar-refractivity contribution < 1.29 is 0 Å². The number of fused-ring (bicyclic) bond motifs is 1. The normalized spacial score (nSPS) is 25.2. The number of benzene rings is 1. The monoisotopic (exact) mass is 425 g/mol. The van der Waals surface area contributed by atoms with Crippen molar-refractivity contribution in [2.24, 2.45) is 13.0 Å². The summed E-state index contributed by atoms with van der Waals surface area (Å²) >= 11 is 1.89. The van der Waals surface area contributed by atoms with Gasteiger partial charge in [-0.05, 0) is 50.3 Å². The van der Waals surface area contributed by atoms with Crippen LogP contribution in [0.5, 0.6) is 0 Å². The predicted octanol–water partition coefficient (Wildman–Crippen LogP) is 4.56. The summed E-state index contributed by atoms with van der Waals surface area (Å²) in [4.78, 5) is 5.33. The summed E-state index contributed by atoms with van der Waals surface area (Å²) in [6, 6.07) is 11.7. The highest BCUT2D eigenvalue weighted by molar-refractivity contribution is 7.99. The van der Waals surface area contributed by atoms with Crippen LogP contribution in [0.1, 0.15) is 56.7 Å². The van der Waals surface area contributed by atoms with Crippen molar-refractivity contribution in [1.29, 1.82) is 0 Å². The van der Waals surface area contributed by atoms with Gasteiger partial charge in [-0.25, -0.2) is 0 Å². The molecule has 3 fully saturated rings. The van der Waals surface area contributed by atoms with Gasteiger partial charge in [-0.1, -0.05) is 49.2 Å². The zero-order chi connectivity index (χ0) is 20.3. The van der Waals surface area contributed by atoms with E-state index in [1.807, 2.05) is 11.8 Å². The molecule has 2 saturated heterocycles. The molecule has 1 saturated carbocycles. The molecule has 30 heavy (non-hydrogen) atoms. The molecule has 5 rings (SSSR count). The Labute approximate surface area is 185 Å². The number of nitrogens with zero attached hydrogens (tertiary/aromatic N) is 5. The molecular formula is C24H35N5S. The van der Waals surface area contributed by atoms with Crippen LogP contribution in [0.3, 0.4) is 0 Å². The maximum Gasteiger partial charge on any atom is 0.190 e. The maximum absolute atomic E-state index is 4.55. The number of hydrogen-bond acceptors (Lipinski definition) is 5. The van der Waals surface area contributed by atoms with Crippen LogP contribution in [0, 0.1) is 5.92 Å². The number of hydrogen-bond donors (Lipinski definition) is 0. The van der Waals surface area contributed by atoms with Crippen LogP contribution < -0.4 is 4.90 Å². The van der Waals surface area contributed by atoms with Crippen LogP contribution in [-0.2, 0) is 7.05 Å². The van der Waals surface area contributed by atoms with Crippen molar-refractivity contribution in [3.8, 4) is 0 Å². The fourth-order valence-corrected chi connectivity index (χ4v) is 6.63. The molecule has 3 heterocycles. The van der Waals surface area contributed by atoms with Gasteiger partial charge in [0, 0.05) is 50.1 Å².